The number of carbonyl (C=O) groups excluding carboxylic acids is 1. The van der Waals surface area contributed by atoms with Crippen LogP contribution in [0.5, 0.6) is 11.5 Å². The molecule has 9 nitrogen and oxygen atoms in total. The molecule has 0 bridgehead atoms. The van der Waals surface area contributed by atoms with Crippen molar-refractivity contribution in [2.24, 2.45) is 5.10 Å². The maximum absolute atomic E-state index is 12.7. The number of ether oxygens (including phenoxy) is 2. The van der Waals surface area contributed by atoms with Crippen molar-refractivity contribution in [2.75, 3.05) is 7.11 Å². The van der Waals surface area contributed by atoms with Crippen molar-refractivity contribution in [2.45, 2.75) is 6.61 Å². The topological polar surface area (TPSA) is 116 Å². The fraction of sp³-hybridized carbons (Fsp3) is 0.0769. The molecule has 0 aliphatic rings. The fourth-order valence-electron chi connectivity index (χ4n) is 3.33. The molecule has 1 aromatic heterocycles. The molecule has 3 aromatic carbocycles. The summed E-state index contributed by atoms with van der Waals surface area (Å²) in [6.45, 7) is 0.203. The molecule has 4 aromatic rings. The van der Waals surface area contributed by atoms with Crippen LogP contribution in [0.25, 0.3) is 11.3 Å². The summed E-state index contributed by atoms with van der Waals surface area (Å²) < 4.78 is 16.8. The summed E-state index contributed by atoms with van der Waals surface area (Å²) in [5.41, 5.74) is 4.00. The highest BCUT2D eigenvalue weighted by atomic mass is 35.5. The Hall–Kier alpha value is -4.63. The number of furan rings is 1. The van der Waals surface area contributed by atoms with Gasteiger partial charge in [-0.1, -0.05) is 41.9 Å². The predicted molar refractivity (Wildman–Crippen MR) is 135 cm³/mol. The minimum atomic E-state index is -0.505. The SMILES string of the molecule is COc1cc([N+](=O)[O-])ccc1-c1ccc(/C=N/NC(=O)c2ccccc2OCc2ccccc2Cl)o1. The number of nitrogens with zero attached hydrogens (tertiary/aromatic N) is 2. The molecule has 1 N–H and O–H groups in total. The molecule has 0 unspecified atom stereocenters. The first kappa shape index (κ1) is 24.5. The van der Waals surface area contributed by atoms with Gasteiger partial charge in [0.15, 0.2) is 0 Å². The second-order valence-electron chi connectivity index (χ2n) is 7.42. The first-order valence-corrected chi connectivity index (χ1v) is 11.1. The van der Waals surface area contributed by atoms with Crippen LogP contribution in [0.15, 0.2) is 88.4 Å². The van der Waals surface area contributed by atoms with E-state index in [2.05, 4.69) is 10.5 Å². The lowest BCUT2D eigenvalue weighted by Crippen LogP contribution is -2.18. The number of nitro benzene ring substituents is 1. The maximum atomic E-state index is 12.7. The number of halogens is 1. The highest BCUT2D eigenvalue weighted by Gasteiger charge is 2.16. The van der Waals surface area contributed by atoms with Crippen LogP contribution in [0.2, 0.25) is 5.02 Å². The van der Waals surface area contributed by atoms with Crippen molar-refractivity contribution >= 4 is 29.4 Å². The number of hydrogen-bond donors (Lipinski definition) is 1. The molecule has 0 atom stereocenters. The zero-order valence-electron chi connectivity index (χ0n) is 19.0. The van der Waals surface area contributed by atoms with Gasteiger partial charge in [-0.25, -0.2) is 5.43 Å². The highest BCUT2D eigenvalue weighted by Crippen LogP contribution is 2.34. The number of nitrogens with one attached hydrogen (secondary N) is 1. The van der Waals surface area contributed by atoms with Crippen molar-refractivity contribution in [3.8, 4) is 22.8 Å². The van der Waals surface area contributed by atoms with E-state index in [0.29, 0.717) is 39.2 Å². The quantitative estimate of drug-likeness (QED) is 0.173. The van der Waals surface area contributed by atoms with Crippen LogP contribution in [0.4, 0.5) is 5.69 Å². The van der Waals surface area contributed by atoms with E-state index in [4.69, 9.17) is 25.5 Å². The molecule has 0 aliphatic heterocycles. The fourth-order valence-corrected chi connectivity index (χ4v) is 3.52. The summed E-state index contributed by atoms with van der Waals surface area (Å²) in [6, 6.07) is 21.6. The second kappa shape index (κ2) is 11.2. The molecule has 36 heavy (non-hydrogen) atoms. The van der Waals surface area contributed by atoms with Crippen LogP contribution in [-0.4, -0.2) is 24.2 Å². The first-order chi connectivity index (χ1) is 17.5. The number of benzene rings is 3. The van der Waals surface area contributed by atoms with Gasteiger partial charge in [0.2, 0.25) is 0 Å². The van der Waals surface area contributed by atoms with E-state index in [1.165, 1.54) is 31.5 Å². The molecule has 0 aliphatic carbocycles. The largest absolute Gasteiger partial charge is 0.496 e. The van der Waals surface area contributed by atoms with Crippen LogP contribution in [0, 0.1) is 10.1 Å². The summed E-state index contributed by atoms with van der Waals surface area (Å²) in [6.07, 6.45) is 1.34. The summed E-state index contributed by atoms with van der Waals surface area (Å²) in [5.74, 6) is 0.992. The molecule has 0 spiro atoms. The number of amides is 1. The lowest BCUT2D eigenvalue weighted by atomic mass is 10.1. The van der Waals surface area contributed by atoms with Gasteiger partial charge in [-0.15, -0.1) is 0 Å². The standard InChI is InChI=1S/C26H20ClN3O6/c1-34-25-14-18(30(32)33)10-12-20(25)24-13-11-19(36-24)15-28-29-26(31)21-7-3-5-9-23(21)35-16-17-6-2-4-8-22(17)27/h2-15H,16H2,1H3,(H,29,31)/b28-15+. The Balaban J connectivity index is 1.43. The van der Waals surface area contributed by atoms with E-state index in [0.717, 1.165) is 5.56 Å². The maximum Gasteiger partial charge on any atom is 0.275 e. The number of para-hydroxylation sites is 1. The average molecular weight is 506 g/mol. The zero-order chi connectivity index (χ0) is 25.5. The molecule has 0 saturated carbocycles. The lowest BCUT2D eigenvalue weighted by molar-refractivity contribution is -0.384. The summed E-state index contributed by atoms with van der Waals surface area (Å²) in [5, 5.41) is 15.5. The van der Waals surface area contributed by atoms with Gasteiger partial charge in [0, 0.05) is 16.7 Å². The van der Waals surface area contributed by atoms with Gasteiger partial charge in [-0.2, -0.15) is 5.10 Å². The molecule has 10 heteroatoms. The number of nitro groups is 1. The van der Waals surface area contributed by atoms with Crippen molar-refractivity contribution in [3.05, 3.63) is 111 Å². The summed E-state index contributed by atoms with van der Waals surface area (Å²) in [4.78, 5) is 23.2. The number of carbonyl (C=O) groups is 1. The molecule has 0 radical (unpaired) electrons. The van der Waals surface area contributed by atoms with E-state index in [1.807, 2.05) is 18.2 Å². The van der Waals surface area contributed by atoms with Gasteiger partial charge >= 0.3 is 0 Å². The van der Waals surface area contributed by atoms with E-state index in [1.54, 1.807) is 42.5 Å². The smallest absolute Gasteiger partial charge is 0.275 e. The van der Waals surface area contributed by atoms with Gasteiger partial charge in [0.25, 0.3) is 11.6 Å². The molecule has 182 valence electrons. The van der Waals surface area contributed by atoms with Gasteiger partial charge in [-0.3, -0.25) is 14.9 Å². The number of non-ortho nitro benzene ring substituents is 1. The Morgan fingerprint density at radius 3 is 2.64 bits per heavy atom. The zero-order valence-corrected chi connectivity index (χ0v) is 19.8. The van der Waals surface area contributed by atoms with E-state index >= 15 is 0 Å². The third-order valence-electron chi connectivity index (χ3n) is 5.12. The minimum Gasteiger partial charge on any atom is -0.496 e. The van der Waals surface area contributed by atoms with Crippen LogP contribution in [0.3, 0.4) is 0 Å². The predicted octanol–water partition coefficient (Wildman–Crippen LogP) is 5.86. The van der Waals surface area contributed by atoms with Gasteiger partial charge in [0.1, 0.15) is 29.6 Å². The van der Waals surface area contributed by atoms with Crippen molar-refractivity contribution < 1.29 is 23.6 Å². The Morgan fingerprint density at radius 2 is 1.86 bits per heavy atom. The Morgan fingerprint density at radius 1 is 1.08 bits per heavy atom. The van der Waals surface area contributed by atoms with Gasteiger partial charge < -0.3 is 13.9 Å². The molecular weight excluding hydrogens is 486 g/mol. The van der Waals surface area contributed by atoms with Crippen molar-refractivity contribution in [3.63, 3.8) is 0 Å². The highest BCUT2D eigenvalue weighted by molar-refractivity contribution is 6.31. The molecule has 1 heterocycles. The van der Waals surface area contributed by atoms with E-state index in [9.17, 15) is 14.9 Å². The first-order valence-electron chi connectivity index (χ1n) is 10.7. The monoisotopic (exact) mass is 505 g/mol. The number of rotatable bonds is 9. The average Bonchev–Trinajstić information content (AvgIpc) is 3.36. The van der Waals surface area contributed by atoms with Crippen LogP contribution in [0.1, 0.15) is 21.7 Å². The normalized spacial score (nSPS) is 10.8. The van der Waals surface area contributed by atoms with Gasteiger partial charge in [0.05, 0.1) is 35.4 Å². The third kappa shape index (κ3) is 5.70. The Bertz CT molecular complexity index is 1430. The molecular formula is C26H20ClN3O6. The van der Waals surface area contributed by atoms with Crippen LogP contribution in [-0.2, 0) is 6.61 Å². The molecule has 1 amide bonds. The molecule has 4 rings (SSSR count). The lowest BCUT2D eigenvalue weighted by Gasteiger charge is -2.11. The Kier molecular flexibility index (Phi) is 7.62. The Labute approximate surface area is 211 Å². The van der Waals surface area contributed by atoms with Crippen molar-refractivity contribution in [1.29, 1.82) is 0 Å². The number of methoxy groups -OCH3 is 1. The van der Waals surface area contributed by atoms with E-state index < -0.39 is 10.8 Å². The molecule has 0 saturated heterocycles. The molecule has 0 fully saturated rings. The number of hydrazone groups is 1. The summed E-state index contributed by atoms with van der Waals surface area (Å²) in [7, 11) is 1.42. The van der Waals surface area contributed by atoms with Crippen molar-refractivity contribution in [1.82, 2.24) is 5.43 Å². The summed E-state index contributed by atoms with van der Waals surface area (Å²) >= 11 is 6.18. The van der Waals surface area contributed by atoms with Crippen LogP contribution < -0.4 is 14.9 Å². The van der Waals surface area contributed by atoms with E-state index in [-0.39, 0.29) is 12.3 Å². The van der Waals surface area contributed by atoms with Gasteiger partial charge in [-0.05, 0) is 36.4 Å². The minimum absolute atomic E-state index is 0.0946. The second-order valence-corrected chi connectivity index (χ2v) is 7.83. The number of hydrogen-bond acceptors (Lipinski definition) is 7. The van der Waals surface area contributed by atoms with Crippen LogP contribution >= 0.6 is 11.6 Å². The third-order valence-corrected chi connectivity index (χ3v) is 5.49.